The largest absolute Gasteiger partial charge is 0.290 e. The predicted octanol–water partition coefficient (Wildman–Crippen LogP) is 2.72. The van der Waals surface area contributed by atoms with Crippen molar-refractivity contribution < 1.29 is 4.79 Å². The molecule has 2 rings (SSSR count). The Bertz CT molecular complexity index is 622. The molecule has 1 aromatic heterocycles. The van der Waals surface area contributed by atoms with Crippen molar-refractivity contribution in [2.45, 2.75) is 6.42 Å². The molecule has 0 saturated carbocycles. The molecular weight excluding hydrogens is 265 g/mol. The molecule has 1 aromatic carbocycles. The summed E-state index contributed by atoms with van der Waals surface area (Å²) >= 11 is 12.0. The first-order valence-electron chi connectivity index (χ1n) is 4.70. The summed E-state index contributed by atoms with van der Waals surface area (Å²) in [7, 11) is 1.73. The fraction of sp³-hybridized carbons (Fsp3) is 0.200. The van der Waals surface area contributed by atoms with Gasteiger partial charge in [-0.25, -0.2) is 0 Å². The number of aryl methyl sites for hydroxylation is 1. The zero-order chi connectivity index (χ0) is 12.6. The summed E-state index contributed by atoms with van der Waals surface area (Å²) in [5.41, 5.74) is 1.22. The second-order valence-electron chi connectivity index (χ2n) is 3.50. The molecule has 88 valence electrons. The van der Waals surface area contributed by atoms with E-state index < -0.39 is 5.91 Å². The van der Waals surface area contributed by atoms with E-state index in [4.69, 9.17) is 23.2 Å². The lowest BCUT2D eigenvalue weighted by Crippen LogP contribution is -1.99. The summed E-state index contributed by atoms with van der Waals surface area (Å²) < 4.78 is 1.58. The summed E-state index contributed by atoms with van der Waals surface area (Å²) in [5, 5.41) is 7.57. The minimum absolute atomic E-state index is 0.176. The topological polar surface area (TPSA) is 64.3 Å². The molecule has 0 saturated heterocycles. The van der Waals surface area contributed by atoms with Crippen LogP contribution in [0.1, 0.15) is 5.56 Å². The summed E-state index contributed by atoms with van der Waals surface area (Å²) in [6.45, 7) is 0. The first kappa shape index (κ1) is 12.0. The Hall–Kier alpha value is -1.46. The molecule has 0 fully saturated rings. The van der Waals surface area contributed by atoms with Gasteiger partial charge in [0.1, 0.15) is 0 Å². The molecule has 17 heavy (non-hydrogen) atoms. The lowest BCUT2D eigenvalue weighted by molar-refractivity contribution is -0.117. The van der Waals surface area contributed by atoms with Gasteiger partial charge in [0.05, 0.1) is 11.9 Å². The number of hydrogen-bond acceptors (Lipinski definition) is 3. The molecule has 0 bridgehead atoms. The van der Waals surface area contributed by atoms with Crippen LogP contribution in [0.3, 0.4) is 0 Å². The zero-order valence-corrected chi connectivity index (χ0v) is 10.3. The third-order valence-electron chi connectivity index (χ3n) is 2.46. The Morgan fingerprint density at radius 2 is 2.18 bits per heavy atom. The maximum Gasteiger partial charge on any atom is 0.290 e. The van der Waals surface area contributed by atoms with Crippen molar-refractivity contribution in [1.82, 2.24) is 9.78 Å². The molecular formula is C10H7Cl2N3O2. The molecule has 0 aliphatic heterocycles. The molecule has 0 radical (unpaired) electrons. The number of carbonyl (C=O) groups is 1. The quantitative estimate of drug-likeness (QED) is 0.789. The standard InChI is InChI=1S/C10H7Cl2N3O2/c1-15-7-3-2-6(11)5(4-8(16)14-17)9(7)10(12)13-15/h2-3H,4H2,1H3. The van der Waals surface area contributed by atoms with Gasteiger partial charge in [0.25, 0.3) is 5.91 Å². The highest BCUT2D eigenvalue weighted by Crippen LogP contribution is 2.31. The van der Waals surface area contributed by atoms with Gasteiger partial charge in [-0.1, -0.05) is 23.2 Å². The van der Waals surface area contributed by atoms with Gasteiger partial charge in [0, 0.05) is 22.6 Å². The van der Waals surface area contributed by atoms with E-state index in [1.54, 1.807) is 23.9 Å². The second kappa shape index (κ2) is 4.43. The molecule has 0 N–H and O–H groups in total. The normalized spacial score (nSPS) is 10.8. The Labute approximate surface area is 106 Å². The van der Waals surface area contributed by atoms with Gasteiger partial charge in [-0.2, -0.15) is 5.10 Å². The van der Waals surface area contributed by atoms with Crippen LogP contribution < -0.4 is 0 Å². The molecule has 2 aromatic rings. The van der Waals surface area contributed by atoms with Gasteiger partial charge < -0.3 is 0 Å². The molecule has 0 spiro atoms. The maximum atomic E-state index is 11.1. The molecule has 5 nitrogen and oxygen atoms in total. The van der Waals surface area contributed by atoms with E-state index in [1.807, 2.05) is 0 Å². The number of nitrogens with zero attached hydrogens (tertiary/aromatic N) is 3. The SMILES string of the molecule is Cn1nc(Cl)c2c(CC(=O)N=O)c(Cl)ccc21. The van der Waals surface area contributed by atoms with Crippen LogP contribution in [0.15, 0.2) is 17.3 Å². The van der Waals surface area contributed by atoms with Crippen LogP contribution in [0.2, 0.25) is 10.2 Å². The number of carbonyl (C=O) groups excluding carboxylic acids is 1. The van der Waals surface area contributed by atoms with Crippen LogP contribution in [0.5, 0.6) is 0 Å². The van der Waals surface area contributed by atoms with E-state index in [0.717, 1.165) is 5.52 Å². The lowest BCUT2D eigenvalue weighted by Gasteiger charge is -2.03. The smallest absolute Gasteiger partial charge is 0.269 e. The summed E-state index contributed by atoms with van der Waals surface area (Å²) in [4.78, 5) is 21.2. The molecule has 0 aliphatic carbocycles. The fourth-order valence-electron chi connectivity index (χ4n) is 1.70. The van der Waals surface area contributed by atoms with Crippen molar-refractivity contribution in [2.24, 2.45) is 12.2 Å². The third kappa shape index (κ3) is 2.03. The maximum absolute atomic E-state index is 11.1. The van der Waals surface area contributed by atoms with Crippen LogP contribution in [0.4, 0.5) is 0 Å². The number of amides is 1. The molecule has 1 heterocycles. The average molecular weight is 272 g/mol. The van der Waals surface area contributed by atoms with Crippen LogP contribution in [-0.4, -0.2) is 15.7 Å². The molecule has 0 unspecified atom stereocenters. The minimum atomic E-state index is -0.792. The van der Waals surface area contributed by atoms with E-state index in [0.29, 0.717) is 16.0 Å². The number of aromatic nitrogens is 2. The third-order valence-corrected chi connectivity index (χ3v) is 3.07. The molecule has 0 atom stereocenters. The van der Waals surface area contributed by atoms with Crippen LogP contribution in [0, 0.1) is 4.91 Å². The number of nitroso groups, excluding NO2 is 1. The second-order valence-corrected chi connectivity index (χ2v) is 4.26. The highest BCUT2D eigenvalue weighted by atomic mass is 35.5. The highest BCUT2D eigenvalue weighted by molar-refractivity contribution is 6.37. The van der Waals surface area contributed by atoms with E-state index in [9.17, 15) is 9.70 Å². The van der Waals surface area contributed by atoms with Crippen molar-refractivity contribution in [3.05, 3.63) is 32.8 Å². The van der Waals surface area contributed by atoms with Gasteiger partial charge >= 0.3 is 0 Å². The zero-order valence-electron chi connectivity index (χ0n) is 8.78. The van der Waals surface area contributed by atoms with E-state index >= 15 is 0 Å². The van der Waals surface area contributed by atoms with Crippen LogP contribution in [0.25, 0.3) is 10.9 Å². The van der Waals surface area contributed by atoms with Crippen molar-refractivity contribution in [2.75, 3.05) is 0 Å². The van der Waals surface area contributed by atoms with Gasteiger partial charge in [-0.15, -0.1) is 4.91 Å². The summed E-state index contributed by atoms with van der Waals surface area (Å²) in [5.74, 6) is -0.792. The Balaban J connectivity index is 2.71. The van der Waals surface area contributed by atoms with Crippen molar-refractivity contribution >= 4 is 40.0 Å². The Morgan fingerprint density at radius 1 is 1.47 bits per heavy atom. The lowest BCUT2D eigenvalue weighted by atomic mass is 10.1. The molecule has 1 amide bonds. The number of benzene rings is 1. The highest BCUT2D eigenvalue weighted by Gasteiger charge is 2.17. The molecule has 7 heteroatoms. The van der Waals surface area contributed by atoms with Gasteiger partial charge in [-0.3, -0.25) is 9.48 Å². The average Bonchev–Trinajstić information content (AvgIpc) is 2.58. The Kier molecular flexibility index (Phi) is 3.13. The van der Waals surface area contributed by atoms with E-state index in [-0.39, 0.29) is 11.6 Å². The van der Waals surface area contributed by atoms with Crippen LogP contribution in [-0.2, 0) is 18.3 Å². The van der Waals surface area contributed by atoms with Crippen molar-refractivity contribution in [3.8, 4) is 0 Å². The van der Waals surface area contributed by atoms with E-state index in [2.05, 4.69) is 10.3 Å². The number of fused-ring (bicyclic) bond motifs is 1. The van der Waals surface area contributed by atoms with Gasteiger partial charge in [-0.05, 0) is 17.7 Å². The fourth-order valence-corrected chi connectivity index (χ4v) is 2.25. The Morgan fingerprint density at radius 3 is 2.82 bits per heavy atom. The summed E-state index contributed by atoms with van der Waals surface area (Å²) in [6, 6.07) is 3.38. The van der Waals surface area contributed by atoms with Gasteiger partial charge in [0.2, 0.25) is 0 Å². The first-order valence-corrected chi connectivity index (χ1v) is 5.46. The number of rotatable bonds is 2. The van der Waals surface area contributed by atoms with Crippen molar-refractivity contribution in [1.29, 1.82) is 0 Å². The predicted molar refractivity (Wildman–Crippen MR) is 65.2 cm³/mol. The summed E-state index contributed by atoms with van der Waals surface area (Å²) in [6.07, 6.45) is -0.176. The monoisotopic (exact) mass is 271 g/mol. The van der Waals surface area contributed by atoms with Crippen LogP contribution >= 0.6 is 23.2 Å². The number of halogens is 2. The molecule has 0 aliphatic rings. The van der Waals surface area contributed by atoms with Crippen molar-refractivity contribution in [3.63, 3.8) is 0 Å². The van der Waals surface area contributed by atoms with Gasteiger partial charge in [0.15, 0.2) is 5.15 Å². The van der Waals surface area contributed by atoms with E-state index in [1.165, 1.54) is 0 Å². The number of hydrogen-bond donors (Lipinski definition) is 0. The minimum Gasteiger partial charge on any atom is -0.269 e. The first-order chi connectivity index (χ1) is 8.04.